The van der Waals surface area contributed by atoms with E-state index in [2.05, 4.69) is 10.3 Å². The fourth-order valence-corrected chi connectivity index (χ4v) is 2.86. The third kappa shape index (κ3) is 5.22. The molecule has 0 aliphatic rings. The highest BCUT2D eigenvalue weighted by atomic mass is 16.7. The first-order chi connectivity index (χ1) is 13.4. The van der Waals surface area contributed by atoms with Gasteiger partial charge in [-0.1, -0.05) is 0 Å². The van der Waals surface area contributed by atoms with E-state index in [-0.39, 0.29) is 24.8 Å². The number of hydrogen-bond acceptors (Lipinski definition) is 6. The van der Waals surface area contributed by atoms with Gasteiger partial charge in [-0.15, -0.1) is 0 Å². The van der Waals surface area contributed by atoms with Gasteiger partial charge in [0.2, 0.25) is 6.29 Å². The summed E-state index contributed by atoms with van der Waals surface area (Å²) >= 11 is 0. The van der Waals surface area contributed by atoms with Crippen molar-refractivity contribution in [1.29, 1.82) is 0 Å². The van der Waals surface area contributed by atoms with Crippen molar-refractivity contribution < 1.29 is 33.4 Å². The van der Waals surface area contributed by atoms with Crippen LogP contribution in [0.15, 0.2) is 18.2 Å². The van der Waals surface area contributed by atoms with Crippen LogP contribution in [0.1, 0.15) is 17.4 Å². The zero-order chi connectivity index (χ0) is 20.7. The molecule has 0 radical (unpaired) electrons. The highest BCUT2D eigenvalue weighted by Crippen LogP contribution is 2.31. The molecule has 0 aliphatic heterocycles. The Morgan fingerprint density at radius 2 is 1.93 bits per heavy atom. The molecule has 9 heteroatoms. The van der Waals surface area contributed by atoms with E-state index >= 15 is 0 Å². The number of H-pyrrole nitrogens is 1. The van der Waals surface area contributed by atoms with Crippen molar-refractivity contribution in [2.75, 3.05) is 53.4 Å². The smallest absolute Gasteiger partial charge is 0.356 e. The van der Waals surface area contributed by atoms with Gasteiger partial charge in [-0.25, -0.2) is 4.79 Å². The van der Waals surface area contributed by atoms with Gasteiger partial charge in [0, 0.05) is 25.1 Å². The van der Waals surface area contributed by atoms with E-state index in [1.165, 1.54) is 0 Å². The molecular formula is C19H28N3O6+. The molecule has 1 aromatic heterocycles. The second-order valence-electron chi connectivity index (χ2n) is 6.29. The number of methoxy groups -OCH3 is 3. The number of aromatic amines is 1. The van der Waals surface area contributed by atoms with Crippen LogP contribution in [-0.4, -0.2) is 71.2 Å². The normalized spacial score (nSPS) is 12.2. The van der Waals surface area contributed by atoms with Crippen LogP contribution in [0.5, 0.6) is 5.75 Å². The van der Waals surface area contributed by atoms with E-state index < -0.39 is 12.3 Å². The third-order valence-corrected chi connectivity index (χ3v) is 4.25. The number of quaternary nitrogens is 1. The van der Waals surface area contributed by atoms with Gasteiger partial charge in [0.25, 0.3) is 5.91 Å². The van der Waals surface area contributed by atoms with Gasteiger partial charge >= 0.3 is 5.97 Å². The third-order valence-electron chi connectivity index (χ3n) is 4.25. The van der Waals surface area contributed by atoms with E-state index in [0.29, 0.717) is 28.9 Å². The molecule has 2 rings (SSSR count). The largest absolute Gasteiger partial charge is 0.497 e. The van der Waals surface area contributed by atoms with Crippen LogP contribution in [-0.2, 0) is 19.0 Å². The summed E-state index contributed by atoms with van der Waals surface area (Å²) in [4.78, 5) is 28.8. The lowest BCUT2D eigenvalue weighted by molar-refractivity contribution is -0.877. The van der Waals surface area contributed by atoms with Gasteiger partial charge in [-0.05, 0) is 25.1 Å². The second kappa shape index (κ2) is 10.1. The molecule has 1 atom stereocenters. The molecule has 154 valence electrons. The van der Waals surface area contributed by atoms with Crippen LogP contribution in [0.25, 0.3) is 10.9 Å². The molecule has 2 aromatic rings. The van der Waals surface area contributed by atoms with E-state index in [1.54, 1.807) is 46.5 Å². The number of amides is 1. The van der Waals surface area contributed by atoms with Crippen molar-refractivity contribution in [2.24, 2.45) is 0 Å². The molecule has 28 heavy (non-hydrogen) atoms. The van der Waals surface area contributed by atoms with Gasteiger partial charge in [0.15, 0.2) is 6.54 Å². The van der Waals surface area contributed by atoms with Crippen molar-refractivity contribution >= 4 is 28.5 Å². The zero-order valence-electron chi connectivity index (χ0n) is 16.9. The van der Waals surface area contributed by atoms with Gasteiger partial charge in [0.05, 0.1) is 26.5 Å². The maximum Gasteiger partial charge on any atom is 0.356 e. The number of fused-ring (bicyclic) bond motifs is 1. The fourth-order valence-electron chi connectivity index (χ4n) is 2.86. The Morgan fingerprint density at radius 1 is 1.21 bits per heavy atom. The molecule has 1 aromatic carbocycles. The quantitative estimate of drug-likeness (QED) is 0.399. The van der Waals surface area contributed by atoms with Gasteiger partial charge in [0.1, 0.15) is 18.0 Å². The van der Waals surface area contributed by atoms with E-state index in [1.807, 2.05) is 7.05 Å². The predicted octanol–water partition coefficient (Wildman–Crippen LogP) is 0.425. The van der Waals surface area contributed by atoms with Gasteiger partial charge in [-0.3, -0.25) is 4.79 Å². The van der Waals surface area contributed by atoms with Crippen LogP contribution in [0, 0.1) is 0 Å². The lowest BCUT2D eigenvalue weighted by Gasteiger charge is -2.19. The van der Waals surface area contributed by atoms with Crippen molar-refractivity contribution in [3.63, 3.8) is 0 Å². The van der Waals surface area contributed by atoms with E-state index in [4.69, 9.17) is 18.9 Å². The number of carbonyl (C=O) groups excluding carboxylic acids is 2. The monoisotopic (exact) mass is 394 g/mol. The first-order valence-corrected chi connectivity index (χ1v) is 8.97. The summed E-state index contributed by atoms with van der Waals surface area (Å²) in [6.45, 7) is 2.62. The number of aromatic nitrogens is 1. The molecule has 1 heterocycles. The Labute approximate surface area is 163 Å². The van der Waals surface area contributed by atoms with Crippen molar-refractivity contribution in [3.8, 4) is 5.75 Å². The number of hydrogen-bond donors (Lipinski definition) is 3. The molecule has 1 amide bonds. The number of nitrogens with one attached hydrogen (secondary N) is 3. The lowest BCUT2D eigenvalue weighted by atomic mass is 10.2. The number of anilines is 1. The summed E-state index contributed by atoms with van der Waals surface area (Å²) in [6, 6.07) is 5.31. The average Bonchev–Trinajstić information content (AvgIpc) is 3.03. The minimum absolute atomic E-state index is 0.169. The van der Waals surface area contributed by atoms with Gasteiger partial charge in [-0.2, -0.15) is 0 Å². The summed E-state index contributed by atoms with van der Waals surface area (Å²) < 4.78 is 20.7. The van der Waals surface area contributed by atoms with Crippen molar-refractivity contribution in [2.45, 2.75) is 13.2 Å². The molecule has 0 bridgehead atoms. The zero-order valence-corrected chi connectivity index (χ0v) is 16.9. The number of rotatable bonds is 10. The second-order valence-corrected chi connectivity index (χ2v) is 6.29. The number of benzene rings is 1. The number of likely N-dealkylation sites (N-methyl/N-ethyl adjacent to an activating group) is 1. The molecule has 1 unspecified atom stereocenters. The Hall–Kier alpha value is -2.62. The minimum atomic E-state index is -0.535. The molecular weight excluding hydrogens is 366 g/mol. The lowest BCUT2D eigenvalue weighted by Crippen LogP contribution is -3.11. The van der Waals surface area contributed by atoms with Crippen LogP contribution in [0.2, 0.25) is 0 Å². The average molecular weight is 394 g/mol. The Kier molecular flexibility index (Phi) is 7.80. The Morgan fingerprint density at radius 3 is 2.54 bits per heavy atom. The van der Waals surface area contributed by atoms with Crippen LogP contribution in [0.3, 0.4) is 0 Å². The first-order valence-electron chi connectivity index (χ1n) is 8.97. The topological polar surface area (TPSA) is 103 Å². The summed E-state index contributed by atoms with van der Waals surface area (Å²) in [5.74, 6) is -0.173. The maximum absolute atomic E-state index is 12.6. The highest BCUT2D eigenvalue weighted by molar-refractivity contribution is 6.11. The summed E-state index contributed by atoms with van der Waals surface area (Å²) in [5.41, 5.74) is 1.27. The van der Waals surface area contributed by atoms with Crippen molar-refractivity contribution in [3.05, 3.63) is 23.9 Å². The van der Waals surface area contributed by atoms with Crippen LogP contribution >= 0.6 is 0 Å². The van der Waals surface area contributed by atoms with Crippen molar-refractivity contribution in [1.82, 2.24) is 4.98 Å². The molecule has 0 aliphatic carbocycles. The van der Waals surface area contributed by atoms with Crippen LogP contribution in [0.4, 0.5) is 5.69 Å². The molecule has 0 saturated carbocycles. The number of ether oxygens (including phenoxy) is 4. The predicted molar refractivity (Wildman–Crippen MR) is 104 cm³/mol. The molecule has 0 saturated heterocycles. The molecule has 0 spiro atoms. The summed E-state index contributed by atoms with van der Waals surface area (Å²) in [5, 5.41) is 3.50. The maximum atomic E-state index is 12.6. The summed E-state index contributed by atoms with van der Waals surface area (Å²) in [6.07, 6.45) is -0.403. The SMILES string of the molecule is CCOC(=O)c1[nH]c2ccc(OC)cc2c1NC(=O)C[NH+](C)CC(OC)OC. The number of esters is 1. The van der Waals surface area contributed by atoms with Crippen LogP contribution < -0.4 is 15.0 Å². The Bertz CT molecular complexity index is 815. The fraction of sp³-hybridized carbons (Fsp3) is 0.474. The van der Waals surface area contributed by atoms with Gasteiger partial charge < -0.3 is 34.1 Å². The molecule has 0 fully saturated rings. The Balaban J connectivity index is 2.26. The number of carbonyl (C=O) groups is 2. The molecule has 3 N–H and O–H groups in total. The van der Waals surface area contributed by atoms with E-state index in [0.717, 1.165) is 4.90 Å². The first kappa shape index (κ1) is 21.7. The summed E-state index contributed by atoms with van der Waals surface area (Å²) in [7, 11) is 6.51. The standard InChI is InChI=1S/C19H27N3O6/c1-6-28-19(24)18-17(13-9-12(25-3)7-8-14(13)20-18)21-15(23)10-22(2)11-16(26-4)27-5/h7-9,16,20H,6,10-11H2,1-5H3,(H,21,23)/p+1. The molecule has 9 nitrogen and oxygen atoms in total. The highest BCUT2D eigenvalue weighted by Gasteiger charge is 2.23. The minimum Gasteiger partial charge on any atom is -0.497 e. The van der Waals surface area contributed by atoms with E-state index in [9.17, 15) is 9.59 Å².